The van der Waals surface area contributed by atoms with Crippen molar-refractivity contribution in [1.82, 2.24) is 25.8 Å². The Hall–Kier alpha value is -1.39. The zero-order valence-electron chi connectivity index (χ0n) is 19.4. The van der Waals surface area contributed by atoms with Gasteiger partial charge in [-0.25, -0.2) is 0 Å². The van der Waals surface area contributed by atoms with Crippen LogP contribution >= 0.6 is 24.0 Å². The summed E-state index contributed by atoms with van der Waals surface area (Å²) >= 11 is 0. The maximum absolute atomic E-state index is 12.0. The monoisotopic (exact) mass is 542 g/mol. The third-order valence-electron chi connectivity index (χ3n) is 5.79. The minimum atomic E-state index is -0.0894. The average molecular weight is 543 g/mol. The van der Waals surface area contributed by atoms with Crippen LogP contribution in [0.4, 0.5) is 0 Å². The highest BCUT2D eigenvalue weighted by Gasteiger charge is 2.27. The van der Waals surface area contributed by atoms with E-state index in [2.05, 4.69) is 75.8 Å². The molecular weight excluding hydrogens is 503 g/mol. The van der Waals surface area contributed by atoms with E-state index in [-0.39, 0.29) is 41.5 Å². The van der Waals surface area contributed by atoms with Crippen molar-refractivity contribution in [2.24, 2.45) is 4.99 Å². The lowest BCUT2D eigenvalue weighted by Crippen LogP contribution is -2.57. The second-order valence-electron chi connectivity index (χ2n) is 9.17. The van der Waals surface area contributed by atoms with Crippen molar-refractivity contribution in [3.63, 3.8) is 0 Å². The summed E-state index contributed by atoms with van der Waals surface area (Å²) in [5.74, 6) is 1.09. The Bertz CT molecular complexity index is 714. The number of carbonyl (C=O) groups is 1. The number of piperazine rings is 1. The molecule has 31 heavy (non-hydrogen) atoms. The minimum absolute atomic E-state index is 0. The van der Waals surface area contributed by atoms with Gasteiger partial charge in [0.2, 0.25) is 5.91 Å². The number of nitrogens with zero attached hydrogens (tertiary/aromatic N) is 3. The van der Waals surface area contributed by atoms with Crippen LogP contribution in [0.25, 0.3) is 0 Å². The van der Waals surface area contributed by atoms with Crippen molar-refractivity contribution < 1.29 is 4.79 Å². The smallest absolute Gasteiger partial charge is 0.234 e. The van der Waals surface area contributed by atoms with Gasteiger partial charge in [0.15, 0.2) is 5.96 Å². The second kappa shape index (κ2) is 12.0. The van der Waals surface area contributed by atoms with Gasteiger partial charge in [-0.15, -0.1) is 24.0 Å². The Morgan fingerprint density at radius 1 is 1.16 bits per heavy atom. The predicted molar refractivity (Wildman–Crippen MR) is 138 cm³/mol. The summed E-state index contributed by atoms with van der Waals surface area (Å²) in [4.78, 5) is 21.0. The summed E-state index contributed by atoms with van der Waals surface area (Å²) in [5.41, 5.74) is 1.20. The Balaban J connectivity index is 0.00000341. The second-order valence-corrected chi connectivity index (χ2v) is 9.17. The van der Waals surface area contributed by atoms with E-state index in [4.69, 9.17) is 0 Å². The van der Waals surface area contributed by atoms with E-state index in [1.807, 2.05) is 13.1 Å². The number of amides is 1. The third kappa shape index (κ3) is 8.57. The van der Waals surface area contributed by atoms with Gasteiger partial charge >= 0.3 is 0 Å². The molecule has 1 aromatic carbocycles. The molecule has 2 aliphatic rings. The molecule has 1 aliphatic heterocycles. The van der Waals surface area contributed by atoms with Crippen LogP contribution in [0.1, 0.15) is 45.2 Å². The Kier molecular flexibility index (Phi) is 10.0. The maximum atomic E-state index is 12.0. The van der Waals surface area contributed by atoms with E-state index in [1.54, 1.807) is 0 Å². The van der Waals surface area contributed by atoms with Gasteiger partial charge in [0, 0.05) is 57.4 Å². The fourth-order valence-electron chi connectivity index (χ4n) is 3.92. The van der Waals surface area contributed by atoms with Crippen LogP contribution in [0.15, 0.2) is 35.3 Å². The Morgan fingerprint density at radius 3 is 2.39 bits per heavy atom. The molecule has 3 rings (SSSR count). The van der Waals surface area contributed by atoms with E-state index in [0.29, 0.717) is 12.6 Å². The lowest BCUT2D eigenvalue weighted by Gasteiger charge is -2.38. The molecule has 3 N–H and O–H groups in total. The highest BCUT2D eigenvalue weighted by molar-refractivity contribution is 14.0. The number of guanidine groups is 1. The normalized spacial score (nSPS) is 18.8. The van der Waals surface area contributed by atoms with Crippen LogP contribution in [0, 0.1) is 0 Å². The molecule has 8 heteroatoms. The number of carbonyl (C=O) groups excluding carboxylic acids is 1. The topological polar surface area (TPSA) is 72.0 Å². The summed E-state index contributed by atoms with van der Waals surface area (Å²) in [6, 6.07) is 11.2. The highest BCUT2D eigenvalue weighted by Crippen LogP contribution is 2.18. The lowest BCUT2D eigenvalue weighted by molar-refractivity contribution is -0.122. The number of benzene rings is 1. The Morgan fingerprint density at radius 2 is 1.81 bits per heavy atom. The van der Waals surface area contributed by atoms with Crippen molar-refractivity contribution >= 4 is 35.8 Å². The first-order valence-corrected chi connectivity index (χ1v) is 11.2. The molecule has 1 atom stereocenters. The first kappa shape index (κ1) is 25.9. The van der Waals surface area contributed by atoms with Gasteiger partial charge in [0.1, 0.15) is 0 Å². The van der Waals surface area contributed by atoms with Crippen LogP contribution < -0.4 is 16.0 Å². The molecule has 7 nitrogen and oxygen atoms in total. The quantitative estimate of drug-likeness (QED) is 0.267. The molecule has 0 bridgehead atoms. The SMILES string of the molecule is CN=C(NCC(C)(C)NC(C)c1ccccc1)N1CCN(CC(=O)NC2CC2)CC1.I. The number of nitrogens with one attached hydrogen (secondary N) is 3. The van der Waals surface area contributed by atoms with E-state index < -0.39 is 0 Å². The summed E-state index contributed by atoms with van der Waals surface area (Å²) in [7, 11) is 1.84. The van der Waals surface area contributed by atoms with Crippen molar-refractivity contribution in [3.05, 3.63) is 35.9 Å². The molecule has 1 aromatic rings. The molecular formula is C23H39IN6O. The van der Waals surface area contributed by atoms with Crippen molar-refractivity contribution in [1.29, 1.82) is 0 Å². The number of halogens is 1. The van der Waals surface area contributed by atoms with Crippen LogP contribution in [0.2, 0.25) is 0 Å². The molecule has 1 aliphatic carbocycles. The van der Waals surface area contributed by atoms with Crippen LogP contribution in [0.3, 0.4) is 0 Å². The molecule has 1 saturated heterocycles. The maximum Gasteiger partial charge on any atom is 0.234 e. The third-order valence-corrected chi connectivity index (χ3v) is 5.79. The van der Waals surface area contributed by atoms with E-state index in [0.717, 1.165) is 51.5 Å². The van der Waals surface area contributed by atoms with Gasteiger partial charge in [0.25, 0.3) is 0 Å². The van der Waals surface area contributed by atoms with Gasteiger partial charge in [-0.05, 0) is 39.2 Å². The van der Waals surface area contributed by atoms with Crippen molar-refractivity contribution in [2.45, 2.75) is 51.2 Å². The first-order chi connectivity index (χ1) is 14.4. The van der Waals surface area contributed by atoms with Crippen molar-refractivity contribution in [2.75, 3.05) is 46.3 Å². The molecule has 174 valence electrons. The fourth-order valence-corrected chi connectivity index (χ4v) is 3.92. The van der Waals surface area contributed by atoms with Gasteiger partial charge in [0.05, 0.1) is 6.54 Å². The number of rotatable bonds is 8. The summed E-state index contributed by atoms with van der Waals surface area (Å²) in [6.07, 6.45) is 2.27. The predicted octanol–water partition coefficient (Wildman–Crippen LogP) is 2.21. The van der Waals surface area contributed by atoms with Crippen LogP contribution in [-0.4, -0.2) is 79.6 Å². The lowest BCUT2D eigenvalue weighted by atomic mass is 10.0. The van der Waals surface area contributed by atoms with Gasteiger partial charge in [-0.2, -0.15) is 0 Å². The molecule has 0 aromatic heterocycles. The zero-order valence-corrected chi connectivity index (χ0v) is 21.7. The highest BCUT2D eigenvalue weighted by atomic mass is 127. The average Bonchev–Trinajstić information content (AvgIpc) is 3.53. The van der Waals surface area contributed by atoms with E-state index in [9.17, 15) is 4.79 Å². The fraction of sp³-hybridized carbons (Fsp3) is 0.652. The van der Waals surface area contributed by atoms with E-state index >= 15 is 0 Å². The minimum Gasteiger partial charge on any atom is -0.354 e. The molecule has 1 heterocycles. The van der Waals surface area contributed by atoms with Crippen LogP contribution in [-0.2, 0) is 4.79 Å². The summed E-state index contributed by atoms with van der Waals surface area (Å²) in [5, 5.41) is 10.3. The van der Waals surface area contributed by atoms with Gasteiger partial charge in [-0.1, -0.05) is 30.3 Å². The number of hydrogen-bond acceptors (Lipinski definition) is 4. The molecule has 2 fully saturated rings. The molecule has 0 spiro atoms. The molecule has 1 unspecified atom stereocenters. The van der Waals surface area contributed by atoms with Gasteiger partial charge < -0.3 is 20.9 Å². The molecule has 1 saturated carbocycles. The largest absolute Gasteiger partial charge is 0.354 e. The van der Waals surface area contributed by atoms with Crippen molar-refractivity contribution in [3.8, 4) is 0 Å². The molecule has 0 radical (unpaired) electrons. The van der Waals surface area contributed by atoms with Gasteiger partial charge in [-0.3, -0.25) is 14.7 Å². The number of aliphatic imine (C=N–C) groups is 1. The van der Waals surface area contributed by atoms with Crippen LogP contribution in [0.5, 0.6) is 0 Å². The first-order valence-electron chi connectivity index (χ1n) is 11.2. The summed E-state index contributed by atoms with van der Waals surface area (Å²) in [6.45, 7) is 11.4. The van der Waals surface area contributed by atoms with E-state index in [1.165, 1.54) is 5.56 Å². The Labute approximate surface area is 204 Å². The zero-order chi connectivity index (χ0) is 21.6. The standard InChI is InChI=1S/C23H38N6O.HI/c1-18(19-8-6-5-7-9-19)27-23(2,3)17-25-22(24-4)29-14-12-28(13-15-29)16-21(30)26-20-10-11-20;/h5-9,18,20,27H,10-17H2,1-4H3,(H,24,25)(H,26,30);1H. The number of hydrogen-bond donors (Lipinski definition) is 3. The summed E-state index contributed by atoms with van der Waals surface area (Å²) < 4.78 is 0. The molecule has 1 amide bonds.